The summed E-state index contributed by atoms with van der Waals surface area (Å²) < 4.78 is 16.2. The molecule has 0 aliphatic rings. The number of amides is 1. The maximum atomic E-state index is 12.2. The summed E-state index contributed by atoms with van der Waals surface area (Å²) in [6.07, 6.45) is 1.02. The molecule has 0 fully saturated rings. The molecule has 0 aliphatic heterocycles. The summed E-state index contributed by atoms with van der Waals surface area (Å²) in [7, 11) is 1.63. The highest BCUT2D eigenvalue weighted by Crippen LogP contribution is 2.18. The largest absolute Gasteiger partial charge is 0.494 e. The van der Waals surface area contributed by atoms with Crippen LogP contribution in [-0.4, -0.2) is 39.4 Å². The Kier molecular flexibility index (Phi) is 9.15. The Bertz CT molecular complexity index is 717. The van der Waals surface area contributed by atoms with E-state index in [1.165, 1.54) is 0 Å². The second-order valence-corrected chi connectivity index (χ2v) is 6.83. The average Bonchev–Trinajstić information content (AvgIpc) is 2.68. The van der Waals surface area contributed by atoms with Crippen LogP contribution in [-0.2, 0) is 9.53 Å². The molecule has 0 bridgehead atoms. The second-order valence-electron chi connectivity index (χ2n) is 6.83. The lowest BCUT2D eigenvalue weighted by Gasteiger charge is -2.11. The van der Waals surface area contributed by atoms with E-state index in [4.69, 9.17) is 14.2 Å². The fourth-order valence-corrected chi connectivity index (χ4v) is 2.37. The van der Waals surface area contributed by atoms with Crippen molar-refractivity contribution >= 4 is 17.3 Å². The van der Waals surface area contributed by atoms with E-state index in [1.54, 1.807) is 7.11 Å². The lowest BCUT2D eigenvalue weighted by atomic mass is 10.1. The van der Waals surface area contributed by atoms with Crippen molar-refractivity contribution in [3.63, 3.8) is 0 Å². The number of methoxy groups -OCH3 is 1. The van der Waals surface area contributed by atoms with Crippen LogP contribution in [0.25, 0.3) is 0 Å². The van der Waals surface area contributed by atoms with Crippen LogP contribution >= 0.6 is 0 Å². The lowest BCUT2D eigenvalue weighted by molar-refractivity contribution is -0.114. The average molecular weight is 386 g/mol. The third-order valence-electron chi connectivity index (χ3n) is 3.95. The van der Waals surface area contributed by atoms with Gasteiger partial charge in [0.2, 0.25) is 5.91 Å². The van der Waals surface area contributed by atoms with Crippen LogP contribution < -0.4 is 20.1 Å². The molecule has 0 aromatic heterocycles. The zero-order valence-corrected chi connectivity index (χ0v) is 16.9. The van der Waals surface area contributed by atoms with Gasteiger partial charge in [-0.1, -0.05) is 19.9 Å². The number of nitrogens with one attached hydrogen (secondary N) is 2. The molecule has 152 valence electrons. The molecule has 6 nitrogen and oxygen atoms in total. The van der Waals surface area contributed by atoms with Gasteiger partial charge in [0.05, 0.1) is 19.8 Å². The van der Waals surface area contributed by atoms with E-state index in [2.05, 4.69) is 24.5 Å². The van der Waals surface area contributed by atoms with Crippen molar-refractivity contribution in [2.45, 2.75) is 20.3 Å². The molecule has 0 atom stereocenters. The quantitative estimate of drug-likeness (QED) is 0.536. The van der Waals surface area contributed by atoms with Gasteiger partial charge in [-0.3, -0.25) is 4.79 Å². The van der Waals surface area contributed by atoms with Crippen molar-refractivity contribution in [2.75, 3.05) is 44.1 Å². The minimum absolute atomic E-state index is 0.126. The van der Waals surface area contributed by atoms with E-state index in [0.29, 0.717) is 25.7 Å². The number of hydrogen-bond donors (Lipinski definition) is 2. The molecule has 2 N–H and O–H groups in total. The second kappa shape index (κ2) is 11.9. The normalized spacial score (nSPS) is 10.6. The van der Waals surface area contributed by atoms with Crippen LogP contribution in [0.4, 0.5) is 11.4 Å². The van der Waals surface area contributed by atoms with E-state index >= 15 is 0 Å². The number of anilines is 2. The molecular formula is C22H30N2O4. The maximum absolute atomic E-state index is 12.2. The van der Waals surface area contributed by atoms with Crippen LogP contribution in [0.15, 0.2) is 48.5 Å². The topological polar surface area (TPSA) is 68.8 Å². The summed E-state index contributed by atoms with van der Waals surface area (Å²) in [4.78, 5) is 12.2. The van der Waals surface area contributed by atoms with Crippen LogP contribution in [0.2, 0.25) is 0 Å². The van der Waals surface area contributed by atoms with Crippen molar-refractivity contribution < 1.29 is 19.0 Å². The Morgan fingerprint density at radius 2 is 1.68 bits per heavy atom. The Labute approximate surface area is 167 Å². The number of benzene rings is 2. The van der Waals surface area contributed by atoms with Crippen LogP contribution in [0.1, 0.15) is 20.3 Å². The van der Waals surface area contributed by atoms with Crippen LogP contribution in [0.3, 0.4) is 0 Å². The molecule has 0 unspecified atom stereocenters. The minimum Gasteiger partial charge on any atom is -0.494 e. The number of rotatable bonds is 12. The molecule has 0 spiro atoms. The highest BCUT2D eigenvalue weighted by Gasteiger charge is 2.04. The molecule has 0 heterocycles. The zero-order valence-electron chi connectivity index (χ0n) is 16.9. The first-order valence-corrected chi connectivity index (χ1v) is 9.55. The summed E-state index contributed by atoms with van der Waals surface area (Å²) in [6.45, 7) is 6.20. The highest BCUT2D eigenvalue weighted by atomic mass is 16.5. The fraction of sp³-hybridized carbons (Fsp3) is 0.409. The van der Waals surface area contributed by atoms with E-state index in [1.807, 2.05) is 48.5 Å². The molecule has 0 saturated carbocycles. The third kappa shape index (κ3) is 8.31. The molecule has 6 heteroatoms. The van der Waals surface area contributed by atoms with E-state index in [0.717, 1.165) is 29.3 Å². The fourth-order valence-electron chi connectivity index (χ4n) is 2.37. The van der Waals surface area contributed by atoms with Gasteiger partial charge in [0.25, 0.3) is 0 Å². The first-order chi connectivity index (χ1) is 13.6. The zero-order chi connectivity index (χ0) is 20.2. The van der Waals surface area contributed by atoms with Gasteiger partial charge in [-0.15, -0.1) is 0 Å². The molecular weight excluding hydrogens is 356 g/mol. The predicted octanol–water partition coefficient (Wildman–Crippen LogP) is 4.19. The molecule has 2 rings (SSSR count). The van der Waals surface area contributed by atoms with Gasteiger partial charge in [0, 0.05) is 24.6 Å². The Morgan fingerprint density at radius 1 is 0.929 bits per heavy atom. The van der Waals surface area contributed by atoms with E-state index in [-0.39, 0.29) is 12.5 Å². The number of carbonyl (C=O) groups is 1. The standard InChI is InChI=1S/C22H30N2O4/c1-17(2)11-12-27-20-9-7-18(8-10-20)24-22(25)16-23-19-5-4-6-21(15-19)28-14-13-26-3/h4-10,15,17,23H,11-14,16H2,1-3H3,(H,24,25). The third-order valence-corrected chi connectivity index (χ3v) is 3.95. The number of ether oxygens (including phenoxy) is 3. The van der Waals surface area contributed by atoms with Crippen molar-refractivity contribution in [1.82, 2.24) is 0 Å². The minimum atomic E-state index is -0.126. The highest BCUT2D eigenvalue weighted by molar-refractivity contribution is 5.93. The van der Waals surface area contributed by atoms with Crippen LogP contribution in [0.5, 0.6) is 11.5 Å². The molecule has 0 aliphatic carbocycles. The summed E-state index contributed by atoms with van der Waals surface area (Å²) >= 11 is 0. The van der Waals surface area contributed by atoms with Gasteiger partial charge >= 0.3 is 0 Å². The maximum Gasteiger partial charge on any atom is 0.243 e. The summed E-state index contributed by atoms with van der Waals surface area (Å²) in [5.74, 6) is 2.03. The summed E-state index contributed by atoms with van der Waals surface area (Å²) in [5.41, 5.74) is 1.55. The molecule has 2 aromatic rings. The first kappa shape index (κ1) is 21.6. The van der Waals surface area contributed by atoms with Crippen LogP contribution in [0, 0.1) is 5.92 Å². The molecule has 0 radical (unpaired) electrons. The Hall–Kier alpha value is -2.73. The van der Waals surface area contributed by atoms with Gasteiger partial charge < -0.3 is 24.8 Å². The lowest BCUT2D eigenvalue weighted by Crippen LogP contribution is -2.21. The van der Waals surface area contributed by atoms with E-state index < -0.39 is 0 Å². The van der Waals surface area contributed by atoms with Crippen molar-refractivity contribution in [1.29, 1.82) is 0 Å². The molecule has 2 aromatic carbocycles. The Morgan fingerprint density at radius 3 is 2.39 bits per heavy atom. The number of hydrogen-bond acceptors (Lipinski definition) is 5. The smallest absolute Gasteiger partial charge is 0.243 e. The van der Waals surface area contributed by atoms with E-state index in [9.17, 15) is 4.79 Å². The van der Waals surface area contributed by atoms with Gasteiger partial charge in [-0.05, 0) is 48.7 Å². The summed E-state index contributed by atoms with van der Waals surface area (Å²) in [6, 6.07) is 14.9. The SMILES string of the molecule is COCCOc1cccc(NCC(=O)Nc2ccc(OCCC(C)C)cc2)c1. The summed E-state index contributed by atoms with van der Waals surface area (Å²) in [5, 5.41) is 5.96. The Balaban J connectivity index is 1.75. The first-order valence-electron chi connectivity index (χ1n) is 9.55. The predicted molar refractivity (Wildman–Crippen MR) is 112 cm³/mol. The van der Waals surface area contributed by atoms with Crippen molar-refractivity contribution in [2.24, 2.45) is 5.92 Å². The van der Waals surface area contributed by atoms with Gasteiger partial charge in [0.15, 0.2) is 0 Å². The molecule has 0 saturated heterocycles. The molecule has 28 heavy (non-hydrogen) atoms. The van der Waals surface area contributed by atoms with Gasteiger partial charge in [-0.25, -0.2) is 0 Å². The van der Waals surface area contributed by atoms with Crippen molar-refractivity contribution in [3.8, 4) is 11.5 Å². The number of carbonyl (C=O) groups excluding carboxylic acids is 1. The monoisotopic (exact) mass is 386 g/mol. The van der Waals surface area contributed by atoms with Gasteiger partial charge in [-0.2, -0.15) is 0 Å². The van der Waals surface area contributed by atoms with Gasteiger partial charge in [0.1, 0.15) is 18.1 Å². The molecule has 1 amide bonds. The van der Waals surface area contributed by atoms with Crippen molar-refractivity contribution in [3.05, 3.63) is 48.5 Å².